The number of anilines is 1. The second-order valence-electron chi connectivity index (χ2n) is 4.11. The predicted octanol–water partition coefficient (Wildman–Crippen LogP) is 3.25. The van der Waals surface area contributed by atoms with Crippen LogP contribution in [0.15, 0.2) is 42.5 Å². The summed E-state index contributed by atoms with van der Waals surface area (Å²) < 4.78 is 1.05. The number of benzene rings is 1. The highest BCUT2D eigenvalue weighted by molar-refractivity contribution is 7.22. The minimum absolute atomic E-state index is 0.234. The summed E-state index contributed by atoms with van der Waals surface area (Å²) in [5, 5.41) is 3.37. The Labute approximate surface area is 114 Å². The van der Waals surface area contributed by atoms with Crippen molar-refractivity contribution < 1.29 is 4.79 Å². The summed E-state index contributed by atoms with van der Waals surface area (Å²) in [5.41, 5.74) is 2.11. The predicted molar refractivity (Wildman–Crippen MR) is 76.5 cm³/mol. The Morgan fingerprint density at radius 2 is 1.95 bits per heavy atom. The molecular formula is C14H11N3OS. The van der Waals surface area contributed by atoms with E-state index in [9.17, 15) is 4.79 Å². The molecule has 0 radical (unpaired) electrons. The molecular weight excluding hydrogens is 258 g/mol. The maximum Gasteiger partial charge on any atom is 0.276 e. The highest BCUT2D eigenvalue weighted by Gasteiger charge is 2.10. The first-order chi connectivity index (χ1) is 9.22. The summed E-state index contributed by atoms with van der Waals surface area (Å²) in [6, 6.07) is 13.1. The quantitative estimate of drug-likeness (QED) is 0.777. The van der Waals surface area contributed by atoms with Crippen LogP contribution in [-0.2, 0) is 0 Å². The topological polar surface area (TPSA) is 54.9 Å². The molecule has 0 unspecified atom stereocenters. The number of para-hydroxylation sites is 1. The highest BCUT2D eigenvalue weighted by atomic mass is 32.1. The first-order valence-corrected chi connectivity index (χ1v) is 6.64. The Kier molecular flexibility index (Phi) is 2.97. The molecule has 0 saturated carbocycles. The number of amides is 1. The van der Waals surface area contributed by atoms with Gasteiger partial charge in [-0.3, -0.25) is 10.1 Å². The van der Waals surface area contributed by atoms with Crippen molar-refractivity contribution in [1.29, 1.82) is 0 Å². The number of rotatable bonds is 2. The van der Waals surface area contributed by atoms with Gasteiger partial charge in [-0.15, -0.1) is 0 Å². The number of fused-ring (bicyclic) bond motifs is 1. The summed E-state index contributed by atoms with van der Waals surface area (Å²) in [6.45, 7) is 1.86. The Bertz CT molecular complexity index is 718. The molecule has 0 aliphatic rings. The van der Waals surface area contributed by atoms with Crippen molar-refractivity contribution in [2.45, 2.75) is 6.92 Å². The lowest BCUT2D eigenvalue weighted by Gasteiger charge is -2.01. The van der Waals surface area contributed by atoms with Crippen LogP contribution in [0.25, 0.3) is 10.2 Å². The molecule has 0 aliphatic heterocycles. The number of carbonyl (C=O) groups is 1. The lowest BCUT2D eigenvalue weighted by molar-refractivity contribution is 0.102. The van der Waals surface area contributed by atoms with Gasteiger partial charge in [0.15, 0.2) is 5.13 Å². The van der Waals surface area contributed by atoms with Crippen molar-refractivity contribution in [3.05, 3.63) is 53.9 Å². The molecule has 5 heteroatoms. The zero-order valence-corrected chi connectivity index (χ0v) is 11.1. The van der Waals surface area contributed by atoms with E-state index in [1.165, 1.54) is 11.3 Å². The third-order valence-corrected chi connectivity index (χ3v) is 3.59. The second kappa shape index (κ2) is 4.78. The number of hydrogen-bond acceptors (Lipinski definition) is 4. The van der Waals surface area contributed by atoms with Gasteiger partial charge in [0.1, 0.15) is 5.69 Å². The normalized spacial score (nSPS) is 10.6. The molecule has 3 aromatic rings. The van der Waals surface area contributed by atoms with Crippen LogP contribution < -0.4 is 5.32 Å². The van der Waals surface area contributed by atoms with Gasteiger partial charge >= 0.3 is 0 Å². The van der Waals surface area contributed by atoms with E-state index < -0.39 is 0 Å². The van der Waals surface area contributed by atoms with Crippen molar-refractivity contribution in [1.82, 2.24) is 9.97 Å². The van der Waals surface area contributed by atoms with Crippen LogP contribution in [0, 0.1) is 6.92 Å². The molecule has 4 nitrogen and oxygen atoms in total. The molecule has 94 valence electrons. The van der Waals surface area contributed by atoms with Crippen molar-refractivity contribution >= 4 is 32.6 Å². The zero-order chi connectivity index (χ0) is 13.2. The molecule has 0 aliphatic carbocycles. The molecule has 2 aromatic heterocycles. The van der Waals surface area contributed by atoms with Gasteiger partial charge in [0.2, 0.25) is 0 Å². The fourth-order valence-corrected chi connectivity index (χ4v) is 2.62. The molecule has 0 saturated heterocycles. The van der Waals surface area contributed by atoms with Crippen molar-refractivity contribution in [3.63, 3.8) is 0 Å². The van der Waals surface area contributed by atoms with Crippen LogP contribution in [0.1, 0.15) is 16.2 Å². The SMILES string of the molecule is Cc1cccc(C(=O)Nc2nc3ccccc3s2)n1. The van der Waals surface area contributed by atoms with E-state index in [0.29, 0.717) is 10.8 Å². The third-order valence-electron chi connectivity index (χ3n) is 2.64. The molecule has 0 spiro atoms. The van der Waals surface area contributed by atoms with Gasteiger partial charge in [0.05, 0.1) is 10.2 Å². The molecule has 1 amide bonds. The van der Waals surface area contributed by atoms with Gasteiger partial charge in [-0.1, -0.05) is 29.5 Å². The molecule has 2 heterocycles. The summed E-state index contributed by atoms with van der Waals surface area (Å²) >= 11 is 1.45. The van der Waals surface area contributed by atoms with E-state index in [-0.39, 0.29) is 5.91 Å². The van der Waals surface area contributed by atoms with Crippen LogP contribution in [0.4, 0.5) is 5.13 Å². The summed E-state index contributed by atoms with van der Waals surface area (Å²) in [4.78, 5) is 20.6. The largest absolute Gasteiger partial charge is 0.296 e. The first-order valence-electron chi connectivity index (χ1n) is 5.83. The minimum atomic E-state index is -0.234. The average Bonchev–Trinajstić information content (AvgIpc) is 2.80. The monoisotopic (exact) mass is 269 g/mol. The fraction of sp³-hybridized carbons (Fsp3) is 0.0714. The Morgan fingerprint density at radius 1 is 1.11 bits per heavy atom. The molecule has 1 N–H and O–H groups in total. The van der Waals surface area contributed by atoms with Crippen LogP contribution >= 0.6 is 11.3 Å². The number of aromatic nitrogens is 2. The molecule has 3 rings (SSSR count). The number of carbonyl (C=O) groups excluding carboxylic acids is 1. The van der Waals surface area contributed by atoms with Crippen molar-refractivity contribution in [3.8, 4) is 0 Å². The number of hydrogen-bond donors (Lipinski definition) is 1. The summed E-state index contributed by atoms with van der Waals surface area (Å²) in [7, 11) is 0. The first kappa shape index (κ1) is 11.8. The van der Waals surface area contributed by atoms with Gasteiger partial charge in [-0.25, -0.2) is 9.97 Å². The number of nitrogens with zero attached hydrogens (tertiary/aromatic N) is 2. The second-order valence-corrected chi connectivity index (χ2v) is 5.14. The minimum Gasteiger partial charge on any atom is -0.296 e. The van der Waals surface area contributed by atoms with Crippen LogP contribution in [0.2, 0.25) is 0 Å². The maximum atomic E-state index is 12.0. The van der Waals surface area contributed by atoms with Gasteiger partial charge in [-0.05, 0) is 31.2 Å². The number of pyridine rings is 1. The molecule has 19 heavy (non-hydrogen) atoms. The lowest BCUT2D eigenvalue weighted by Crippen LogP contribution is -2.13. The van der Waals surface area contributed by atoms with Crippen molar-refractivity contribution in [2.75, 3.05) is 5.32 Å². The highest BCUT2D eigenvalue weighted by Crippen LogP contribution is 2.25. The molecule has 0 fully saturated rings. The molecule has 1 aromatic carbocycles. The van der Waals surface area contributed by atoms with Gasteiger partial charge in [0, 0.05) is 5.69 Å². The van der Waals surface area contributed by atoms with Crippen LogP contribution in [0.3, 0.4) is 0 Å². The van der Waals surface area contributed by atoms with E-state index in [1.54, 1.807) is 6.07 Å². The van der Waals surface area contributed by atoms with E-state index in [1.807, 2.05) is 43.3 Å². The zero-order valence-electron chi connectivity index (χ0n) is 10.3. The van der Waals surface area contributed by atoms with Crippen molar-refractivity contribution in [2.24, 2.45) is 0 Å². The smallest absolute Gasteiger partial charge is 0.276 e. The van der Waals surface area contributed by atoms with Gasteiger partial charge in [-0.2, -0.15) is 0 Å². The van der Waals surface area contributed by atoms with E-state index in [4.69, 9.17) is 0 Å². The maximum absolute atomic E-state index is 12.0. The average molecular weight is 269 g/mol. The standard InChI is InChI=1S/C14H11N3OS/c1-9-5-4-7-11(15-9)13(18)17-14-16-10-6-2-3-8-12(10)19-14/h2-8H,1H3,(H,16,17,18). The number of aryl methyl sites for hydroxylation is 1. The fourth-order valence-electron chi connectivity index (χ4n) is 1.76. The summed E-state index contributed by atoms with van der Waals surface area (Å²) in [6.07, 6.45) is 0. The summed E-state index contributed by atoms with van der Waals surface area (Å²) in [5.74, 6) is -0.234. The number of thiazole rings is 1. The van der Waals surface area contributed by atoms with Gasteiger partial charge in [0.25, 0.3) is 5.91 Å². The molecule has 0 bridgehead atoms. The third kappa shape index (κ3) is 2.46. The number of nitrogens with one attached hydrogen (secondary N) is 1. The Hall–Kier alpha value is -2.27. The Balaban J connectivity index is 1.86. The lowest BCUT2D eigenvalue weighted by atomic mass is 10.3. The molecule has 0 atom stereocenters. The van der Waals surface area contributed by atoms with Gasteiger partial charge < -0.3 is 0 Å². The van der Waals surface area contributed by atoms with Crippen LogP contribution in [-0.4, -0.2) is 15.9 Å². The van der Waals surface area contributed by atoms with Crippen LogP contribution in [0.5, 0.6) is 0 Å². The van der Waals surface area contributed by atoms with E-state index in [0.717, 1.165) is 15.9 Å². The van der Waals surface area contributed by atoms with E-state index in [2.05, 4.69) is 15.3 Å². The Morgan fingerprint density at radius 3 is 2.74 bits per heavy atom. The van der Waals surface area contributed by atoms with E-state index >= 15 is 0 Å².